The van der Waals surface area contributed by atoms with Gasteiger partial charge in [0.2, 0.25) is 5.75 Å². The van der Waals surface area contributed by atoms with Crippen LogP contribution < -0.4 is 15.0 Å². The average molecular weight is 361 g/mol. The largest absolute Gasteiger partial charge is 0.493 e. The standard InChI is InChI=1S/C18H14ClFN2O3/c1-11-3-6-13(7-4-11)22-18(23)17(14(19)10-21-22)25-15-8-5-12(20)9-16(15)24-2/h3-10H,1-2H3. The van der Waals surface area contributed by atoms with Crippen LogP contribution in [0.5, 0.6) is 17.2 Å². The third-order valence-electron chi connectivity index (χ3n) is 3.51. The molecule has 0 unspecified atom stereocenters. The van der Waals surface area contributed by atoms with E-state index in [1.807, 2.05) is 19.1 Å². The Labute approximate surface area is 148 Å². The molecule has 7 heteroatoms. The van der Waals surface area contributed by atoms with E-state index >= 15 is 0 Å². The van der Waals surface area contributed by atoms with Crippen molar-refractivity contribution in [1.82, 2.24) is 9.78 Å². The fraction of sp³-hybridized carbons (Fsp3) is 0.111. The van der Waals surface area contributed by atoms with Crippen molar-refractivity contribution in [2.45, 2.75) is 6.92 Å². The maximum absolute atomic E-state index is 13.3. The lowest BCUT2D eigenvalue weighted by molar-refractivity contribution is 0.373. The van der Waals surface area contributed by atoms with E-state index < -0.39 is 11.4 Å². The first-order chi connectivity index (χ1) is 12.0. The highest BCUT2D eigenvalue weighted by Gasteiger charge is 2.16. The Balaban J connectivity index is 2.07. The molecule has 0 N–H and O–H groups in total. The molecule has 0 bridgehead atoms. The molecule has 3 aromatic rings. The molecule has 1 aromatic heterocycles. The van der Waals surface area contributed by atoms with Crippen LogP contribution in [-0.4, -0.2) is 16.9 Å². The summed E-state index contributed by atoms with van der Waals surface area (Å²) < 4.78 is 25.2. The van der Waals surface area contributed by atoms with E-state index in [9.17, 15) is 9.18 Å². The Kier molecular flexibility index (Phi) is 4.72. The highest BCUT2D eigenvalue weighted by Crippen LogP contribution is 2.33. The molecule has 0 atom stereocenters. The van der Waals surface area contributed by atoms with Gasteiger partial charge < -0.3 is 9.47 Å². The average Bonchev–Trinajstić information content (AvgIpc) is 2.60. The van der Waals surface area contributed by atoms with Crippen LogP contribution in [0.3, 0.4) is 0 Å². The molecule has 2 aromatic carbocycles. The summed E-state index contributed by atoms with van der Waals surface area (Å²) in [6, 6.07) is 11.0. The van der Waals surface area contributed by atoms with Crippen LogP contribution in [0, 0.1) is 12.7 Å². The van der Waals surface area contributed by atoms with Crippen LogP contribution in [0.1, 0.15) is 5.56 Å². The molecule has 0 fully saturated rings. The molecular weight excluding hydrogens is 347 g/mol. The summed E-state index contributed by atoms with van der Waals surface area (Å²) in [6.07, 6.45) is 1.31. The predicted octanol–water partition coefficient (Wildman–Crippen LogP) is 4.13. The van der Waals surface area contributed by atoms with E-state index in [0.29, 0.717) is 5.69 Å². The van der Waals surface area contributed by atoms with Crippen molar-refractivity contribution in [3.05, 3.63) is 75.4 Å². The minimum Gasteiger partial charge on any atom is -0.493 e. The van der Waals surface area contributed by atoms with Crippen LogP contribution in [0.2, 0.25) is 5.02 Å². The molecular formula is C18H14ClFN2O3. The van der Waals surface area contributed by atoms with Gasteiger partial charge in [0.15, 0.2) is 11.5 Å². The number of methoxy groups -OCH3 is 1. The topological polar surface area (TPSA) is 53.4 Å². The molecule has 25 heavy (non-hydrogen) atoms. The highest BCUT2D eigenvalue weighted by molar-refractivity contribution is 6.31. The van der Waals surface area contributed by atoms with Crippen LogP contribution >= 0.6 is 11.6 Å². The molecule has 0 saturated carbocycles. The van der Waals surface area contributed by atoms with Gasteiger partial charge in [0.05, 0.1) is 19.0 Å². The number of aromatic nitrogens is 2. The van der Waals surface area contributed by atoms with Crippen LogP contribution in [0.15, 0.2) is 53.5 Å². The van der Waals surface area contributed by atoms with E-state index in [4.69, 9.17) is 21.1 Å². The second-order valence-corrected chi connectivity index (χ2v) is 5.68. The molecule has 5 nitrogen and oxygen atoms in total. The molecule has 0 aliphatic heterocycles. The van der Waals surface area contributed by atoms with Crippen LogP contribution in [0.4, 0.5) is 4.39 Å². The summed E-state index contributed by atoms with van der Waals surface area (Å²) in [4.78, 5) is 12.7. The Morgan fingerprint density at radius 3 is 2.52 bits per heavy atom. The zero-order valence-electron chi connectivity index (χ0n) is 13.5. The molecule has 128 valence electrons. The van der Waals surface area contributed by atoms with Gasteiger partial charge in [-0.3, -0.25) is 4.79 Å². The molecule has 0 amide bonds. The van der Waals surface area contributed by atoms with Gasteiger partial charge >= 0.3 is 5.56 Å². The first-order valence-electron chi connectivity index (χ1n) is 7.36. The quantitative estimate of drug-likeness (QED) is 0.702. The monoisotopic (exact) mass is 360 g/mol. The van der Waals surface area contributed by atoms with Crippen LogP contribution in [-0.2, 0) is 0 Å². The lowest BCUT2D eigenvalue weighted by Crippen LogP contribution is -2.22. The molecule has 0 spiro atoms. The fourth-order valence-corrected chi connectivity index (χ4v) is 2.38. The number of aryl methyl sites for hydroxylation is 1. The van der Waals surface area contributed by atoms with Crippen molar-refractivity contribution in [2.75, 3.05) is 7.11 Å². The summed E-state index contributed by atoms with van der Waals surface area (Å²) >= 11 is 6.08. The minimum atomic E-state index is -0.539. The summed E-state index contributed by atoms with van der Waals surface area (Å²) in [7, 11) is 1.38. The predicted molar refractivity (Wildman–Crippen MR) is 92.6 cm³/mol. The molecule has 1 heterocycles. The lowest BCUT2D eigenvalue weighted by atomic mass is 10.2. The van der Waals surface area contributed by atoms with E-state index in [1.165, 1.54) is 30.1 Å². The van der Waals surface area contributed by atoms with Crippen LogP contribution in [0.25, 0.3) is 5.69 Å². The Bertz CT molecular complexity index is 971. The second kappa shape index (κ2) is 6.94. The Morgan fingerprint density at radius 1 is 1.12 bits per heavy atom. The maximum Gasteiger partial charge on any atom is 0.316 e. The molecule has 0 aliphatic carbocycles. The van der Waals surface area contributed by atoms with Gasteiger partial charge in [-0.05, 0) is 31.2 Å². The van der Waals surface area contributed by atoms with Crippen molar-refractivity contribution < 1.29 is 13.9 Å². The highest BCUT2D eigenvalue weighted by atomic mass is 35.5. The third-order valence-corrected chi connectivity index (χ3v) is 3.78. The second-order valence-electron chi connectivity index (χ2n) is 5.27. The smallest absolute Gasteiger partial charge is 0.316 e. The summed E-state index contributed by atoms with van der Waals surface area (Å²) in [5.41, 5.74) is 1.09. The fourth-order valence-electron chi connectivity index (χ4n) is 2.22. The Morgan fingerprint density at radius 2 is 1.84 bits per heavy atom. The minimum absolute atomic E-state index is 0.0414. The summed E-state index contributed by atoms with van der Waals surface area (Å²) in [5, 5.41) is 4.08. The van der Waals surface area contributed by atoms with Crippen molar-refractivity contribution in [3.8, 4) is 22.9 Å². The van der Waals surface area contributed by atoms with E-state index in [1.54, 1.807) is 12.1 Å². The van der Waals surface area contributed by atoms with Gasteiger partial charge in [-0.2, -0.15) is 9.78 Å². The maximum atomic E-state index is 13.3. The SMILES string of the molecule is COc1cc(F)ccc1Oc1c(Cl)cnn(-c2ccc(C)cc2)c1=O. The number of halogens is 2. The van der Waals surface area contributed by atoms with Gasteiger partial charge in [-0.1, -0.05) is 29.3 Å². The number of benzene rings is 2. The van der Waals surface area contributed by atoms with Gasteiger partial charge in [0.25, 0.3) is 0 Å². The number of hydrogen-bond acceptors (Lipinski definition) is 4. The number of ether oxygens (including phenoxy) is 2. The zero-order chi connectivity index (χ0) is 18.0. The van der Waals surface area contributed by atoms with E-state index in [0.717, 1.165) is 11.6 Å². The first-order valence-corrected chi connectivity index (χ1v) is 7.73. The van der Waals surface area contributed by atoms with Gasteiger partial charge in [-0.25, -0.2) is 4.39 Å². The number of nitrogens with zero attached hydrogens (tertiary/aromatic N) is 2. The molecule has 0 aliphatic rings. The third kappa shape index (κ3) is 3.49. The normalized spacial score (nSPS) is 10.6. The van der Waals surface area contributed by atoms with Gasteiger partial charge in [-0.15, -0.1) is 0 Å². The van der Waals surface area contributed by atoms with Crippen molar-refractivity contribution >= 4 is 11.6 Å². The summed E-state index contributed by atoms with van der Waals surface area (Å²) in [5.74, 6) is -0.289. The number of hydrogen-bond donors (Lipinski definition) is 0. The van der Waals surface area contributed by atoms with Crippen molar-refractivity contribution in [3.63, 3.8) is 0 Å². The first kappa shape index (κ1) is 17.0. The van der Waals surface area contributed by atoms with E-state index in [-0.39, 0.29) is 22.3 Å². The molecule has 3 rings (SSSR count). The van der Waals surface area contributed by atoms with Gasteiger partial charge in [0, 0.05) is 6.07 Å². The van der Waals surface area contributed by atoms with E-state index in [2.05, 4.69) is 5.10 Å². The summed E-state index contributed by atoms with van der Waals surface area (Å²) in [6.45, 7) is 1.94. The molecule has 0 radical (unpaired) electrons. The van der Waals surface area contributed by atoms with Crippen molar-refractivity contribution in [2.24, 2.45) is 0 Å². The molecule has 0 saturated heterocycles. The van der Waals surface area contributed by atoms with Crippen molar-refractivity contribution in [1.29, 1.82) is 0 Å². The van der Waals surface area contributed by atoms with Gasteiger partial charge in [0.1, 0.15) is 10.8 Å². The lowest BCUT2D eigenvalue weighted by Gasteiger charge is -2.12. The number of rotatable bonds is 4. The Hall–Kier alpha value is -2.86. The zero-order valence-corrected chi connectivity index (χ0v) is 14.2.